The summed E-state index contributed by atoms with van der Waals surface area (Å²) in [7, 11) is 2.58. The van der Waals surface area contributed by atoms with Crippen LogP contribution >= 0.6 is 0 Å². The van der Waals surface area contributed by atoms with Crippen LogP contribution in [0.3, 0.4) is 0 Å². The molecule has 20 heavy (non-hydrogen) atoms. The maximum Gasteiger partial charge on any atom is 0.332 e. The summed E-state index contributed by atoms with van der Waals surface area (Å²) >= 11 is 0. The molecule has 0 rings (SSSR count). The Bertz CT molecular complexity index is 410. The zero-order valence-electron chi connectivity index (χ0n) is 11.8. The molecule has 8 heteroatoms. The molecule has 0 amide bonds. The van der Waals surface area contributed by atoms with E-state index in [2.05, 4.69) is 30.3 Å². The molecule has 0 aliphatic carbocycles. The van der Waals surface area contributed by atoms with Gasteiger partial charge in [-0.2, -0.15) is 0 Å². The number of ether oxygens (including phenoxy) is 2. The van der Waals surface area contributed by atoms with Crippen molar-refractivity contribution in [2.24, 2.45) is 9.98 Å². The Kier molecular flexibility index (Phi) is 8.94. The van der Waals surface area contributed by atoms with E-state index in [4.69, 9.17) is 0 Å². The Morgan fingerprint density at radius 3 is 1.50 bits per heavy atom. The smallest absolute Gasteiger partial charge is 0.332 e. The molecule has 0 aliphatic rings. The van der Waals surface area contributed by atoms with Gasteiger partial charge in [0.1, 0.15) is 12.7 Å². The van der Waals surface area contributed by atoms with Crippen LogP contribution in [0.2, 0.25) is 0 Å². The van der Waals surface area contributed by atoms with Crippen molar-refractivity contribution < 1.29 is 19.1 Å². The van der Waals surface area contributed by atoms with Crippen LogP contribution in [0.4, 0.5) is 0 Å². The minimum atomic E-state index is -0.474. The fraction of sp³-hybridized carbons (Fsp3) is 0.333. The maximum atomic E-state index is 10.9. The fourth-order valence-corrected chi connectivity index (χ4v) is 0.876. The van der Waals surface area contributed by atoms with Crippen molar-refractivity contribution in [1.82, 2.24) is 10.9 Å². The molecule has 0 radical (unpaired) electrons. The standard InChI is InChI=1S/C12H18N4O4/c1-9(5-11(17)19-3)13-7-15-16-8-14-10(2)6-12(18)20-4/h5-8H,1-4H3,(H,13,15)(H,14,16). The molecule has 0 atom stereocenters. The number of nitrogens with zero attached hydrogens (tertiary/aromatic N) is 2. The lowest BCUT2D eigenvalue weighted by Gasteiger charge is -1.98. The molecular weight excluding hydrogens is 264 g/mol. The first-order chi connectivity index (χ1) is 9.49. The van der Waals surface area contributed by atoms with Gasteiger partial charge in [0.25, 0.3) is 0 Å². The molecule has 0 aromatic carbocycles. The third-order valence-corrected chi connectivity index (χ3v) is 1.80. The van der Waals surface area contributed by atoms with Crippen LogP contribution < -0.4 is 10.9 Å². The predicted octanol–water partition coefficient (Wildman–Crippen LogP) is 0.291. The molecule has 8 nitrogen and oxygen atoms in total. The largest absolute Gasteiger partial charge is 0.466 e. The van der Waals surface area contributed by atoms with Crippen molar-refractivity contribution in [3.8, 4) is 0 Å². The zero-order valence-corrected chi connectivity index (χ0v) is 11.8. The number of esters is 2. The van der Waals surface area contributed by atoms with Gasteiger partial charge < -0.3 is 9.47 Å². The fourth-order valence-electron chi connectivity index (χ4n) is 0.876. The van der Waals surface area contributed by atoms with E-state index in [-0.39, 0.29) is 0 Å². The second-order valence-corrected chi connectivity index (χ2v) is 3.42. The van der Waals surface area contributed by atoms with Crippen molar-refractivity contribution in [3.63, 3.8) is 0 Å². The van der Waals surface area contributed by atoms with Crippen molar-refractivity contribution in [1.29, 1.82) is 0 Å². The Balaban J connectivity index is 4.08. The monoisotopic (exact) mass is 282 g/mol. The van der Waals surface area contributed by atoms with Gasteiger partial charge in [-0.25, -0.2) is 19.6 Å². The van der Waals surface area contributed by atoms with Crippen LogP contribution in [-0.2, 0) is 19.1 Å². The highest BCUT2D eigenvalue weighted by Gasteiger charge is 1.94. The van der Waals surface area contributed by atoms with Gasteiger partial charge in [-0.05, 0) is 13.8 Å². The minimum Gasteiger partial charge on any atom is -0.466 e. The van der Waals surface area contributed by atoms with E-state index in [1.165, 1.54) is 39.0 Å². The van der Waals surface area contributed by atoms with Gasteiger partial charge in [0, 0.05) is 23.5 Å². The van der Waals surface area contributed by atoms with Gasteiger partial charge in [0.05, 0.1) is 14.2 Å². The van der Waals surface area contributed by atoms with Crippen LogP contribution in [0, 0.1) is 0 Å². The molecule has 0 bridgehead atoms. The first-order valence-corrected chi connectivity index (χ1v) is 5.58. The van der Waals surface area contributed by atoms with Crippen LogP contribution in [-0.4, -0.2) is 38.8 Å². The number of nitrogens with one attached hydrogen (secondary N) is 2. The average molecular weight is 282 g/mol. The zero-order chi connectivity index (χ0) is 15.4. The van der Waals surface area contributed by atoms with E-state index in [1.807, 2.05) is 0 Å². The third kappa shape index (κ3) is 9.40. The van der Waals surface area contributed by atoms with Crippen LogP contribution in [0.1, 0.15) is 13.8 Å². The lowest BCUT2D eigenvalue weighted by molar-refractivity contribution is -0.135. The first-order valence-electron chi connectivity index (χ1n) is 5.58. The summed E-state index contributed by atoms with van der Waals surface area (Å²) in [6, 6.07) is 0. The molecule has 0 saturated heterocycles. The van der Waals surface area contributed by atoms with Gasteiger partial charge in [0.15, 0.2) is 0 Å². The molecule has 0 heterocycles. The topological polar surface area (TPSA) is 101 Å². The Labute approximate surface area is 117 Å². The molecule has 2 N–H and O–H groups in total. The van der Waals surface area contributed by atoms with Gasteiger partial charge >= 0.3 is 11.9 Å². The summed E-state index contributed by atoms with van der Waals surface area (Å²) in [4.78, 5) is 29.5. The SMILES string of the molecule is COC(=O)C=C(C)N=CNNC=NC(C)=CC(=O)OC. The van der Waals surface area contributed by atoms with Crippen molar-refractivity contribution in [2.45, 2.75) is 13.8 Å². The number of hydrogen-bond acceptors (Lipinski definition) is 6. The van der Waals surface area contributed by atoms with Crippen molar-refractivity contribution in [2.75, 3.05) is 14.2 Å². The minimum absolute atomic E-state index is 0.474. The molecule has 0 saturated carbocycles. The summed E-state index contributed by atoms with van der Waals surface area (Å²) in [5.41, 5.74) is 6.16. The van der Waals surface area contributed by atoms with Gasteiger partial charge in [0.2, 0.25) is 0 Å². The number of carbonyl (C=O) groups excluding carboxylic acids is 2. The summed E-state index contributed by atoms with van der Waals surface area (Å²) < 4.78 is 8.89. The number of hydrazine groups is 1. The van der Waals surface area contributed by atoms with Crippen LogP contribution in [0.25, 0.3) is 0 Å². The highest BCUT2D eigenvalue weighted by atomic mass is 16.5. The summed E-state index contributed by atoms with van der Waals surface area (Å²) in [6.07, 6.45) is 5.16. The normalized spacial score (nSPS) is 12.6. The Morgan fingerprint density at radius 1 is 0.850 bits per heavy atom. The number of carbonyl (C=O) groups is 2. The Hall–Kier alpha value is -2.64. The molecule has 0 spiro atoms. The predicted molar refractivity (Wildman–Crippen MR) is 74.8 cm³/mol. The molecule has 0 fully saturated rings. The number of allylic oxidation sites excluding steroid dienone is 2. The summed E-state index contributed by atoms with van der Waals surface area (Å²) in [5.74, 6) is -0.949. The van der Waals surface area contributed by atoms with Crippen molar-refractivity contribution in [3.05, 3.63) is 23.5 Å². The average Bonchev–Trinajstić information content (AvgIpc) is 2.42. The lowest BCUT2D eigenvalue weighted by atomic mass is 10.4. The second-order valence-electron chi connectivity index (χ2n) is 3.42. The number of hydrogen-bond donors (Lipinski definition) is 2. The van der Waals surface area contributed by atoms with E-state index in [9.17, 15) is 9.59 Å². The van der Waals surface area contributed by atoms with E-state index in [0.717, 1.165) is 0 Å². The quantitative estimate of drug-likeness (QED) is 0.174. The van der Waals surface area contributed by atoms with E-state index >= 15 is 0 Å². The highest BCUT2D eigenvalue weighted by Crippen LogP contribution is 1.93. The number of rotatable bonds is 7. The van der Waals surface area contributed by atoms with E-state index in [0.29, 0.717) is 11.4 Å². The lowest BCUT2D eigenvalue weighted by Crippen LogP contribution is -2.28. The molecule has 0 aliphatic heterocycles. The molecule has 110 valence electrons. The third-order valence-electron chi connectivity index (χ3n) is 1.80. The van der Waals surface area contributed by atoms with Crippen LogP contribution in [0.5, 0.6) is 0 Å². The molecule has 0 unspecified atom stereocenters. The van der Waals surface area contributed by atoms with E-state index < -0.39 is 11.9 Å². The van der Waals surface area contributed by atoms with Gasteiger partial charge in [-0.1, -0.05) is 0 Å². The second kappa shape index (κ2) is 10.3. The van der Waals surface area contributed by atoms with Gasteiger partial charge in [-0.15, -0.1) is 0 Å². The summed E-state index contributed by atoms with van der Waals surface area (Å²) in [6.45, 7) is 3.29. The van der Waals surface area contributed by atoms with Crippen LogP contribution in [0.15, 0.2) is 33.5 Å². The molecule has 0 aromatic rings. The maximum absolute atomic E-state index is 10.9. The number of methoxy groups -OCH3 is 2. The molecule has 0 aromatic heterocycles. The van der Waals surface area contributed by atoms with Gasteiger partial charge in [-0.3, -0.25) is 10.9 Å². The highest BCUT2D eigenvalue weighted by molar-refractivity contribution is 5.83. The first kappa shape index (κ1) is 17.4. The molecular formula is C12H18N4O4. The summed E-state index contributed by atoms with van der Waals surface area (Å²) in [5, 5.41) is 0. The Morgan fingerprint density at radius 2 is 1.20 bits per heavy atom. The van der Waals surface area contributed by atoms with Crippen molar-refractivity contribution >= 4 is 24.6 Å². The van der Waals surface area contributed by atoms with E-state index in [1.54, 1.807) is 13.8 Å². The number of aliphatic imine (C=N–C) groups is 2.